The van der Waals surface area contributed by atoms with Gasteiger partial charge < -0.3 is 5.32 Å². The van der Waals surface area contributed by atoms with E-state index in [1.165, 1.54) is 36.4 Å². The monoisotopic (exact) mass is 425 g/mol. The summed E-state index contributed by atoms with van der Waals surface area (Å²) in [4.78, 5) is 12.1. The molecule has 0 aliphatic carbocycles. The first-order valence-corrected chi connectivity index (χ1v) is 10.0. The average Bonchev–Trinajstić information content (AvgIpc) is 2.68. The molecule has 0 saturated carbocycles. The van der Waals surface area contributed by atoms with Gasteiger partial charge in [0, 0.05) is 25.1 Å². The lowest BCUT2D eigenvalue weighted by Gasteiger charge is -2.09. The number of nitriles is 1. The van der Waals surface area contributed by atoms with Crippen LogP contribution in [0.15, 0.2) is 53.4 Å². The van der Waals surface area contributed by atoms with Gasteiger partial charge in [-0.15, -0.1) is 0 Å². The Morgan fingerprint density at radius 3 is 2.17 bits per heavy atom. The van der Waals surface area contributed by atoms with Gasteiger partial charge in [0.2, 0.25) is 10.0 Å². The number of nitrogens with zero attached hydrogens (tertiary/aromatic N) is 1. The van der Waals surface area contributed by atoms with Crippen molar-refractivity contribution in [1.29, 1.82) is 5.26 Å². The van der Waals surface area contributed by atoms with E-state index in [0.717, 1.165) is 12.1 Å². The second kappa shape index (κ2) is 9.54. The molecule has 2 aromatic rings. The van der Waals surface area contributed by atoms with E-state index in [0.29, 0.717) is 12.0 Å². The molecule has 0 fully saturated rings. The van der Waals surface area contributed by atoms with E-state index in [9.17, 15) is 26.4 Å². The fraction of sp³-hybridized carbons (Fsp3) is 0.263. The van der Waals surface area contributed by atoms with Gasteiger partial charge in [-0.1, -0.05) is 12.1 Å². The zero-order valence-electron chi connectivity index (χ0n) is 15.2. The SMILES string of the molecule is N#CCCNS(=O)(=O)c1ccc(C(=O)NCCc2ccc(C(F)(F)F)cc2)cc1. The molecule has 2 rings (SSSR count). The number of carbonyl (C=O) groups is 1. The third-order valence-corrected chi connectivity index (χ3v) is 5.41. The summed E-state index contributed by atoms with van der Waals surface area (Å²) in [7, 11) is -3.75. The van der Waals surface area contributed by atoms with E-state index in [1.807, 2.05) is 6.07 Å². The fourth-order valence-corrected chi connectivity index (χ4v) is 3.42. The van der Waals surface area contributed by atoms with Gasteiger partial charge in [0.15, 0.2) is 0 Å². The smallest absolute Gasteiger partial charge is 0.352 e. The van der Waals surface area contributed by atoms with Crippen LogP contribution in [0.2, 0.25) is 0 Å². The Bertz CT molecular complexity index is 981. The first-order valence-electron chi connectivity index (χ1n) is 8.54. The van der Waals surface area contributed by atoms with Crippen molar-refractivity contribution in [3.8, 4) is 6.07 Å². The van der Waals surface area contributed by atoms with Gasteiger partial charge in [-0.2, -0.15) is 18.4 Å². The Morgan fingerprint density at radius 2 is 1.62 bits per heavy atom. The zero-order valence-corrected chi connectivity index (χ0v) is 16.0. The highest BCUT2D eigenvalue weighted by Gasteiger charge is 2.29. The van der Waals surface area contributed by atoms with E-state index in [1.54, 1.807) is 0 Å². The molecule has 1 amide bonds. The summed E-state index contributed by atoms with van der Waals surface area (Å²) in [5, 5.41) is 11.1. The molecular formula is C19H18F3N3O3S. The van der Waals surface area contributed by atoms with Crippen molar-refractivity contribution >= 4 is 15.9 Å². The third-order valence-electron chi connectivity index (χ3n) is 3.94. The first kappa shape index (κ1) is 22.4. The highest BCUT2D eigenvalue weighted by molar-refractivity contribution is 7.89. The highest BCUT2D eigenvalue weighted by Crippen LogP contribution is 2.29. The van der Waals surface area contributed by atoms with Gasteiger partial charge in [-0.05, 0) is 48.4 Å². The summed E-state index contributed by atoms with van der Waals surface area (Å²) in [5.41, 5.74) is 0.152. The number of rotatable bonds is 8. The molecule has 154 valence electrons. The zero-order chi connectivity index (χ0) is 21.5. The van der Waals surface area contributed by atoms with Crippen molar-refractivity contribution in [1.82, 2.24) is 10.0 Å². The molecule has 10 heteroatoms. The summed E-state index contributed by atoms with van der Waals surface area (Å²) < 4.78 is 63.9. The van der Waals surface area contributed by atoms with Crippen LogP contribution >= 0.6 is 0 Å². The van der Waals surface area contributed by atoms with E-state index in [-0.39, 0.29) is 30.0 Å². The molecule has 2 N–H and O–H groups in total. The Morgan fingerprint density at radius 1 is 1.00 bits per heavy atom. The molecule has 2 aromatic carbocycles. The van der Waals surface area contributed by atoms with Crippen LogP contribution in [0.5, 0.6) is 0 Å². The maximum Gasteiger partial charge on any atom is 0.416 e. The second-order valence-corrected chi connectivity index (χ2v) is 7.80. The number of carbonyl (C=O) groups excluding carboxylic acids is 1. The van der Waals surface area contributed by atoms with Crippen molar-refractivity contribution < 1.29 is 26.4 Å². The summed E-state index contributed by atoms with van der Waals surface area (Å²) in [6.45, 7) is 0.199. The number of alkyl halides is 3. The number of nitrogens with one attached hydrogen (secondary N) is 2. The Labute approximate surface area is 166 Å². The van der Waals surface area contributed by atoms with Crippen molar-refractivity contribution in [2.24, 2.45) is 0 Å². The Hall–Kier alpha value is -2.90. The minimum atomic E-state index is -4.39. The number of benzene rings is 2. The van der Waals surface area contributed by atoms with Crippen molar-refractivity contribution in [3.63, 3.8) is 0 Å². The number of sulfonamides is 1. The van der Waals surface area contributed by atoms with Crippen LogP contribution in [0.25, 0.3) is 0 Å². The van der Waals surface area contributed by atoms with Crippen molar-refractivity contribution in [2.75, 3.05) is 13.1 Å². The van der Waals surface area contributed by atoms with Crippen LogP contribution in [0.4, 0.5) is 13.2 Å². The van der Waals surface area contributed by atoms with Crippen LogP contribution in [-0.4, -0.2) is 27.4 Å². The topological polar surface area (TPSA) is 99.1 Å². The molecule has 0 aliphatic heterocycles. The van der Waals surface area contributed by atoms with Crippen LogP contribution in [0, 0.1) is 11.3 Å². The molecule has 0 saturated heterocycles. The predicted octanol–water partition coefficient (Wildman–Crippen LogP) is 2.87. The standard InChI is InChI=1S/C19H18F3N3O3S/c20-19(21,22)16-6-2-14(3-7-16)10-13-24-18(26)15-4-8-17(9-5-15)29(27,28)25-12-1-11-23/h2-9,25H,1,10,12-13H2,(H,24,26). The Kier molecular flexibility index (Phi) is 7.36. The van der Waals surface area contributed by atoms with Gasteiger partial charge >= 0.3 is 6.18 Å². The lowest BCUT2D eigenvalue weighted by Crippen LogP contribution is -2.26. The minimum Gasteiger partial charge on any atom is -0.352 e. The van der Waals surface area contributed by atoms with Crippen LogP contribution < -0.4 is 10.0 Å². The maximum absolute atomic E-state index is 12.5. The summed E-state index contributed by atoms with van der Waals surface area (Å²) in [5.74, 6) is -0.432. The lowest BCUT2D eigenvalue weighted by molar-refractivity contribution is -0.137. The molecule has 0 unspecified atom stereocenters. The number of amides is 1. The van der Waals surface area contributed by atoms with Gasteiger partial charge in [-0.25, -0.2) is 13.1 Å². The van der Waals surface area contributed by atoms with Gasteiger partial charge in [0.05, 0.1) is 16.5 Å². The highest BCUT2D eigenvalue weighted by atomic mass is 32.2. The molecule has 29 heavy (non-hydrogen) atoms. The second-order valence-electron chi connectivity index (χ2n) is 6.03. The number of hydrogen-bond acceptors (Lipinski definition) is 4. The molecule has 0 radical (unpaired) electrons. The van der Waals surface area contributed by atoms with E-state index >= 15 is 0 Å². The maximum atomic E-state index is 12.5. The van der Waals surface area contributed by atoms with Crippen molar-refractivity contribution in [2.45, 2.75) is 23.9 Å². The van der Waals surface area contributed by atoms with Crippen molar-refractivity contribution in [3.05, 3.63) is 65.2 Å². The van der Waals surface area contributed by atoms with Gasteiger partial charge in [-0.3, -0.25) is 4.79 Å². The van der Waals surface area contributed by atoms with Crippen LogP contribution in [-0.2, 0) is 22.6 Å². The third kappa shape index (κ3) is 6.58. The number of halogens is 3. The van der Waals surface area contributed by atoms with Gasteiger partial charge in [0.25, 0.3) is 5.91 Å². The van der Waals surface area contributed by atoms with E-state index in [2.05, 4.69) is 10.0 Å². The summed E-state index contributed by atoms with van der Waals surface area (Å²) in [6.07, 6.45) is -4.00. The average molecular weight is 425 g/mol. The summed E-state index contributed by atoms with van der Waals surface area (Å²) >= 11 is 0. The summed E-state index contributed by atoms with van der Waals surface area (Å²) in [6, 6.07) is 11.8. The lowest BCUT2D eigenvalue weighted by atomic mass is 10.1. The van der Waals surface area contributed by atoms with Gasteiger partial charge in [0.1, 0.15) is 0 Å². The molecular weight excluding hydrogens is 407 g/mol. The minimum absolute atomic E-state index is 0.00891. The normalized spacial score (nSPS) is 11.7. The van der Waals surface area contributed by atoms with E-state index < -0.39 is 27.7 Å². The Balaban J connectivity index is 1.89. The molecule has 0 heterocycles. The van der Waals surface area contributed by atoms with Crippen LogP contribution in [0.3, 0.4) is 0 Å². The number of hydrogen-bond donors (Lipinski definition) is 2. The fourth-order valence-electron chi connectivity index (χ4n) is 2.39. The molecule has 0 aliphatic rings. The predicted molar refractivity (Wildman–Crippen MR) is 99.3 cm³/mol. The molecule has 0 atom stereocenters. The largest absolute Gasteiger partial charge is 0.416 e. The molecule has 0 bridgehead atoms. The van der Waals surface area contributed by atoms with Crippen LogP contribution in [0.1, 0.15) is 27.9 Å². The molecule has 6 nitrogen and oxygen atoms in total. The quantitative estimate of drug-likeness (QED) is 0.636. The molecule has 0 spiro atoms. The first-order chi connectivity index (χ1) is 13.6. The van der Waals surface area contributed by atoms with E-state index in [4.69, 9.17) is 5.26 Å². The molecule has 0 aromatic heterocycles.